The lowest BCUT2D eigenvalue weighted by Crippen LogP contribution is -2.21. The van der Waals surface area contributed by atoms with Crippen molar-refractivity contribution < 1.29 is 4.74 Å². The van der Waals surface area contributed by atoms with E-state index in [9.17, 15) is 0 Å². The Bertz CT molecular complexity index is 314. The molecule has 1 aromatic rings. The SMILES string of the molecule is Cc1cccc(OC2CCN(C)C2)n1. The molecular weight excluding hydrogens is 176 g/mol. The molecule has 1 aliphatic heterocycles. The van der Waals surface area contributed by atoms with Crippen molar-refractivity contribution in [2.45, 2.75) is 19.4 Å². The van der Waals surface area contributed by atoms with Crippen LogP contribution in [0.1, 0.15) is 12.1 Å². The van der Waals surface area contributed by atoms with Gasteiger partial charge in [0, 0.05) is 24.8 Å². The highest BCUT2D eigenvalue weighted by Gasteiger charge is 2.21. The van der Waals surface area contributed by atoms with Crippen molar-refractivity contribution in [1.82, 2.24) is 9.88 Å². The smallest absolute Gasteiger partial charge is 0.213 e. The zero-order valence-corrected chi connectivity index (χ0v) is 8.73. The van der Waals surface area contributed by atoms with Gasteiger partial charge in [-0.25, -0.2) is 4.98 Å². The van der Waals surface area contributed by atoms with Gasteiger partial charge < -0.3 is 9.64 Å². The Morgan fingerprint density at radius 2 is 2.36 bits per heavy atom. The lowest BCUT2D eigenvalue weighted by molar-refractivity contribution is 0.200. The van der Waals surface area contributed by atoms with Crippen LogP contribution in [0.2, 0.25) is 0 Å². The number of ether oxygens (including phenoxy) is 1. The fraction of sp³-hybridized carbons (Fsp3) is 0.545. The molecule has 1 saturated heterocycles. The summed E-state index contributed by atoms with van der Waals surface area (Å²) in [7, 11) is 2.12. The average Bonchev–Trinajstić information content (AvgIpc) is 2.51. The van der Waals surface area contributed by atoms with Crippen LogP contribution >= 0.6 is 0 Å². The molecule has 1 fully saturated rings. The van der Waals surface area contributed by atoms with E-state index in [0.717, 1.165) is 31.1 Å². The van der Waals surface area contributed by atoms with Crippen LogP contribution in [0.25, 0.3) is 0 Å². The molecule has 0 spiro atoms. The van der Waals surface area contributed by atoms with E-state index in [1.165, 1.54) is 0 Å². The Morgan fingerprint density at radius 1 is 1.50 bits per heavy atom. The third kappa shape index (κ3) is 2.23. The summed E-state index contributed by atoms with van der Waals surface area (Å²) < 4.78 is 5.77. The average molecular weight is 192 g/mol. The van der Waals surface area contributed by atoms with Gasteiger partial charge in [0.05, 0.1) is 0 Å². The maximum absolute atomic E-state index is 5.77. The molecule has 76 valence electrons. The van der Waals surface area contributed by atoms with E-state index in [2.05, 4.69) is 16.9 Å². The lowest BCUT2D eigenvalue weighted by atomic mass is 10.3. The molecule has 0 bridgehead atoms. The minimum atomic E-state index is 0.314. The van der Waals surface area contributed by atoms with Gasteiger partial charge in [0.1, 0.15) is 6.10 Å². The lowest BCUT2D eigenvalue weighted by Gasteiger charge is -2.12. The Balaban J connectivity index is 1.97. The summed E-state index contributed by atoms with van der Waals surface area (Å²) in [6.07, 6.45) is 1.42. The number of likely N-dealkylation sites (tertiary alicyclic amines) is 1. The van der Waals surface area contributed by atoms with Crippen molar-refractivity contribution >= 4 is 0 Å². The molecule has 3 heteroatoms. The van der Waals surface area contributed by atoms with Gasteiger partial charge >= 0.3 is 0 Å². The molecule has 0 saturated carbocycles. The van der Waals surface area contributed by atoms with E-state index >= 15 is 0 Å². The second kappa shape index (κ2) is 3.96. The van der Waals surface area contributed by atoms with Crippen LogP contribution in [-0.2, 0) is 0 Å². The van der Waals surface area contributed by atoms with Gasteiger partial charge in [-0.05, 0) is 26.5 Å². The van der Waals surface area contributed by atoms with Crippen molar-refractivity contribution in [2.24, 2.45) is 0 Å². The van der Waals surface area contributed by atoms with Crippen molar-refractivity contribution in [2.75, 3.05) is 20.1 Å². The van der Waals surface area contributed by atoms with E-state index in [0.29, 0.717) is 6.10 Å². The third-order valence-electron chi connectivity index (χ3n) is 2.50. The monoisotopic (exact) mass is 192 g/mol. The molecule has 1 aromatic heterocycles. The number of hydrogen-bond acceptors (Lipinski definition) is 3. The molecule has 2 heterocycles. The summed E-state index contributed by atoms with van der Waals surface area (Å²) in [5.41, 5.74) is 1.01. The van der Waals surface area contributed by atoms with Crippen LogP contribution in [0.15, 0.2) is 18.2 Å². The normalized spacial score (nSPS) is 22.6. The Labute approximate surface area is 84.7 Å². The summed E-state index contributed by atoms with van der Waals surface area (Å²) in [5.74, 6) is 0.755. The molecule has 2 rings (SSSR count). The van der Waals surface area contributed by atoms with E-state index in [1.807, 2.05) is 25.1 Å². The van der Waals surface area contributed by atoms with Gasteiger partial charge in [0.2, 0.25) is 5.88 Å². The van der Waals surface area contributed by atoms with Crippen LogP contribution in [0, 0.1) is 6.92 Å². The Hall–Kier alpha value is -1.09. The van der Waals surface area contributed by atoms with Crippen molar-refractivity contribution in [3.63, 3.8) is 0 Å². The van der Waals surface area contributed by atoms with Gasteiger partial charge in [0.15, 0.2) is 0 Å². The molecular formula is C11H16N2O. The van der Waals surface area contributed by atoms with Crippen LogP contribution < -0.4 is 4.74 Å². The maximum atomic E-state index is 5.77. The van der Waals surface area contributed by atoms with E-state index in [1.54, 1.807) is 0 Å². The molecule has 1 atom stereocenters. The first-order chi connectivity index (χ1) is 6.74. The minimum Gasteiger partial charge on any atom is -0.473 e. The summed E-state index contributed by atoms with van der Waals surface area (Å²) >= 11 is 0. The van der Waals surface area contributed by atoms with Gasteiger partial charge in [-0.15, -0.1) is 0 Å². The van der Waals surface area contributed by atoms with Crippen molar-refractivity contribution in [1.29, 1.82) is 0 Å². The quantitative estimate of drug-likeness (QED) is 0.709. The molecule has 0 amide bonds. The molecule has 0 radical (unpaired) electrons. The molecule has 0 aliphatic carbocycles. The van der Waals surface area contributed by atoms with E-state index < -0.39 is 0 Å². The summed E-state index contributed by atoms with van der Waals surface area (Å²) in [6, 6.07) is 5.88. The number of likely N-dealkylation sites (N-methyl/N-ethyl adjacent to an activating group) is 1. The first-order valence-electron chi connectivity index (χ1n) is 5.03. The zero-order valence-electron chi connectivity index (χ0n) is 8.73. The predicted octanol–water partition coefficient (Wildman–Crippen LogP) is 1.47. The number of nitrogens with zero attached hydrogens (tertiary/aromatic N) is 2. The summed E-state index contributed by atoms with van der Waals surface area (Å²) in [5, 5.41) is 0. The highest BCUT2D eigenvalue weighted by molar-refractivity contribution is 5.15. The zero-order chi connectivity index (χ0) is 9.97. The highest BCUT2D eigenvalue weighted by Crippen LogP contribution is 2.15. The molecule has 1 aliphatic rings. The van der Waals surface area contributed by atoms with Crippen molar-refractivity contribution in [3.05, 3.63) is 23.9 Å². The first-order valence-corrected chi connectivity index (χ1v) is 5.03. The fourth-order valence-corrected chi connectivity index (χ4v) is 1.75. The number of aromatic nitrogens is 1. The highest BCUT2D eigenvalue weighted by atomic mass is 16.5. The van der Waals surface area contributed by atoms with Crippen LogP contribution in [-0.4, -0.2) is 36.1 Å². The van der Waals surface area contributed by atoms with Crippen molar-refractivity contribution in [3.8, 4) is 5.88 Å². The Kier molecular flexibility index (Phi) is 2.68. The maximum Gasteiger partial charge on any atom is 0.213 e. The predicted molar refractivity (Wildman–Crippen MR) is 55.5 cm³/mol. The molecule has 14 heavy (non-hydrogen) atoms. The second-order valence-electron chi connectivity index (χ2n) is 3.91. The first kappa shape index (κ1) is 9.46. The largest absolute Gasteiger partial charge is 0.473 e. The topological polar surface area (TPSA) is 25.4 Å². The van der Waals surface area contributed by atoms with Gasteiger partial charge in [-0.1, -0.05) is 6.07 Å². The van der Waals surface area contributed by atoms with E-state index in [4.69, 9.17) is 4.74 Å². The molecule has 0 N–H and O–H groups in total. The third-order valence-corrected chi connectivity index (χ3v) is 2.50. The molecule has 3 nitrogen and oxygen atoms in total. The molecule has 0 aromatic carbocycles. The van der Waals surface area contributed by atoms with Crippen LogP contribution in [0.5, 0.6) is 5.88 Å². The molecule has 1 unspecified atom stereocenters. The number of aryl methyl sites for hydroxylation is 1. The number of hydrogen-bond donors (Lipinski definition) is 0. The minimum absolute atomic E-state index is 0.314. The summed E-state index contributed by atoms with van der Waals surface area (Å²) in [6.45, 7) is 4.11. The fourth-order valence-electron chi connectivity index (χ4n) is 1.75. The van der Waals surface area contributed by atoms with E-state index in [-0.39, 0.29) is 0 Å². The van der Waals surface area contributed by atoms with Crippen LogP contribution in [0.3, 0.4) is 0 Å². The number of rotatable bonds is 2. The second-order valence-corrected chi connectivity index (χ2v) is 3.91. The van der Waals surface area contributed by atoms with Gasteiger partial charge in [0.25, 0.3) is 0 Å². The van der Waals surface area contributed by atoms with Gasteiger partial charge in [-0.3, -0.25) is 0 Å². The standard InChI is InChI=1S/C11H16N2O/c1-9-4-3-5-11(12-9)14-10-6-7-13(2)8-10/h3-5,10H,6-8H2,1-2H3. The Morgan fingerprint density at radius 3 is 3.00 bits per heavy atom. The van der Waals surface area contributed by atoms with Gasteiger partial charge in [-0.2, -0.15) is 0 Å². The summed E-state index contributed by atoms with van der Waals surface area (Å²) in [4.78, 5) is 6.60. The van der Waals surface area contributed by atoms with Crippen LogP contribution in [0.4, 0.5) is 0 Å². The number of pyridine rings is 1.